The van der Waals surface area contributed by atoms with Crippen molar-refractivity contribution in [3.8, 4) is 0 Å². The largest absolute Gasteiger partial charge is 0.407 e. The normalized spacial score (nSPS) is 20.5. The molecule has 2 atom stereocenters. The Labute approximate surface area is 164 Å². The van der Waals surface area contributed by atoms with Gasteiger partial charge in [0.05, 0.1) is 6.54 Å². The summed E-state index contributed by atoms with van der Waals surface area (Å²) in [6.07, 6.45) is -3.81. The van der Waals surface area contributed by atoms with Crippen LogP contribution < -0.4 is 11.1 Å². The number of nitrogens with two attached hydrogens (primary N) is 1. The van der Waals surface area contributed by atoms with Crippen LogP contribution in [0.25, 0.3) is 0 Å². The van der Waals surface area contributed by atoms with Gasteiger partial charge in [0.2, 0.25) is 5.91 Å². The summed E-state index contributed by atoms with van der Waals surface area (Å²) >= 11 is 0. The molecular formula is C17H26Cl2F3N3O. The van der Waals surface area contributed by atoms with Crippen LogP contribution in [0.3, 0.4) is 0 Å². The fraction of sp³-hybridized carbons (Fsp3) is 0.588. The van der Waals surface area contributed by atoms with Gasteiger partial charge < -0.3 is 10.6 Å². The Morgan fingerprint density at radius 1 is 1.31 bits per heavy atom. The molecule has 1 fully saturated rings. The van der Waals surface area contributed by atoms with Crippen LogP contribution in [0, 0.1) is 5.41 Å². The number of carbonyl (C=O) groups is 1. The van der Waals surface area contributed by atoms with E-state index in [2.05, 4.69) is 5.32 Å². The monoisotopic (exact) mass is 415 g/mol. The predicted octanol–water partition coefficient (Wildman–Crippen LogP) is 3.31. The van der Waals surface area contributed by atoms with E-state index in [-0.39, 0.29) is 54.3 Å². The van der Waals surface area contributed by atoms with Crippen LogP contribution in [0.5, 0.6) is 0 Å². The first-order valence-electron chi connectivity index (χ1n) is 7.99. The van der Waals surface area contributed by atoms with Crippen LogP contribution in [0.2, 0.25) is 0 Å². The fourth-order valence-corrected chi connectivity index (χ4v) is 2.96. The summed E-state index contributed by atoms with van der Waals surface area (Å²) in [6.45, 7) is 4.51. The zero-order valence-electron chi connectivity index (χ0n) is 14.8. The number of alkyl halides is 3. The molecular weight excluding hydrogens is 390 g/mol. The van der Waals surface area contributed by atoms with Crippen LogP contribution >= 0.6 is 24.8 Å². The highest BCUT2D eigenvalue weighted by molar-refractivity contribution is 5.85. The second-order valence-electron chi connectivity index (χ2n) is 6.97. The smallest absolute Gasteiger partial charge is 0.341 e. The molecule has 0 saturated carbocycles. The highest BCUT2D eigenvalue weighted by Crippen LogP contribution is 2.32. The van der Waals surface area contributed by atoms with Crippen molar-refractivity contribution in [1.29, 1.82) is 0 Å². The number of piperidine rings is 1. The number of hydrogen-bond acceptors (Lipinski definition) is 3. The topological polar surface area (TPSA) is 58.4 Å². The van der Waals surface area contributed by atoms with Gasteiger partial charge in [-0.1, -0.05) is 44.2 Å². The van der Waals surface area contributed by atoms with Crippen molar-refractivity contribution < 1.29 is 18.0 Å². The van der Waals surface area contributed by atoms with Gasteiger partial charge in [-0.3, -0.25) is 10.1 Å². The molecule has 1 aromatic carbocycles. The Balaban J connectivity index is 0.00000312. The maximum absolute atomic E-state index is 13.3. The Morgan fingerprint density at radius 2 is 1.88 bits per heavy atom. The number of likely N-dealkylation sites (tertiary alicyclic amines) is 1. The third kappa shape index (κ3) is 6.30. The molecule has 26 heavy (non-hydrogen) atoms. The number of hydrogen-bond donors (Lipinski definition) is 2. The van der Waals surface area contributed by atoms with E-state index in [0.717, 1.165) is 0 Å². The maximum atomic E-state index is 13.3. The lowest BCUT2D eigenvalue weighted by atomic mass is 9.79. The maximum Gasteiger partial charge on any atom is 0.407 e. The van der Waals surface area contributed by atoms with Crippen molar-refractivity contribution in [3.63, 3.8) is 0 Å². The first-order chi connectivity index (χ1) is 11.1. The molecule has 1 saturated heterocycles. The molecule has 2 rings (SSSR count). The molecule has 1 aliphatic rings. The minimum absolute atomic E-state index is 0. The molecule has 0 aliphatic carbocycles. The lowest BCUT2D eigenvalue weighted by Crippen LogP contribution is -2.55. The van der Waals surface area contributed by atoms with Crippen LogP contribution in [0.15, 0.2) is 30.3 Å². The molecule has 1 aliphatic heterocycles. The SMILES string of the molecule is CC1(C)CN(C(=O)CNC(c2ccccc2)C(F)(F)F)CCC1N.Cl.Cl. The van der Waals surface area contributed by atoms with Crippen LogP contribution in [-0.4, -0.2) is 42.7 Å². The van der Waals surface area contributed by atoms with E-state index in [1.807, 2.05) is 13.8 Å². The third-order valence-corrected chi connectivity index (χ3v) is 4.58. The zero-order valence-corrected chi connectivity index (χ0v) is 16.4. The number of nitrogens with one attached hydrogen (secondary N) is 1. The van der Waals surface area contributed by atoms with Gasteiger partial charge in [-0.15, -0.1) is 24.8 Å². The van der Waals surface area contributed by atoms with Gasteiger partial charge in [-0.05, 0) is 17.4 Å². The first kappa shape index (κ1) is 25.0. The average Bonchev–Trinajstić information content (AvgIpc) is 2.49. The molecule has 9 heteroatoms. The van der Waals surface area contributed by atoms with E-state index < -0.39 is 12.2 Å². The summed E-state index contributed by atoms with van der Waals surface area (Å²) in [5.74, 6) is -0.333. The van der Waals surface area contributed by atoms with Crippen LogP contribution in [0.1, 0.15) is 31.9 Å². The molecule has 4 nitrogen and oxygen atoms in total. The molecule has 0 bridgehead atoms. The van der Waals surface area contributed by atoms with E-state index >= 15 is 0 Å². The quantitative estimate of drug-likeness (QED) is 0.792. The summed E-state index contributed by atoms with van der Waals surface area (Å²) in [6, 6.07) is 5.68. The average molecular weight is 416 g/mol. The molecule has 1 amide bonds. The minimum atomic E-state index is -4.47. The van der Waals surface area contributed by atoms with Crippen molar-refractivity contribution in [1.82, 2.24) is 10.2 Å². The van der Waals surface area contributed by atoms with E-state index in [1.54, 1.807) is 23.1 Å². The predicted molar refractivity (Wildman–Crippen MR) is 101 cm³/mol. The molecule has 0 aromatic heterocycles. The Kier molecular flexibility index (Phi) is 9.40. The van der Waals surface area contributed by atoms with Gasteiger partial charge in [-0.25, -0.2) is 0 Å². The summed E-state index contributed by atoms with van der Waals surface area (Å²) in [5.41, 5.74) is 5.88. The summed E-state index contributed by atoms with van der Waals surface area (Å²) < 4.78 is 39.8. The van der Waals surface area contributed by atoms with Gasteiger partial charge in [-0.2, -0.15) is 13.2 Å². The Bertz CT molecular complexity index is 570. The second kappa shape index (κ2) is 9.78. The van der Waals surface area contributed by atoms with Crippen molar-refractivity contribution in [2.45, 2.75) is 38.5 Å². The van der Waals surface area contributed by atoms with Crippen LogP contribution in [-0.2, 0) is 4.79 Å². The number of rotatable bonds is 4. The highest BCUT2D eigenvalue weighted by Gasteiger charge is 2.41. The van der Waals surface area contributed by atoms with Gasteiger partial charge in [0, 0.05) is 19.1 Å². The lowest BCUT2D eigenvalue weighted by molar-refractivity contribution is -0.159. The Hall–Kier alpha value is -1.02. The molecule has 0 spiro atoms. The molecule has 2 unspecified atom stereocenters. The van der Waals surface area contributed by atoms with Crippen molar-refractivity contribution in [3.05, 3.63) is 35.9 Å². The van der Waals surface area contributed by atoms with Crippen molar-refractivity contribution in [2.24, 2.45) is 11.1 Å². The Morgan fingerprint density at radius 3 is 2.38 bits per heavy atom. The summed E-state index contributed by atoms with van der Waals surface area (Å²) in [7, 11) is 0. The van der Waals surface area contributed by atoms with Crippen LogP contribution in [0.4, 0.5) is 13.2 Å². The molecule has 3 N–H and O–H groups in total. The van der Waals surface area contributed by atoms with Crippen molar-refractivity contribution >= 4 is 30.7 Å². The van der Waals surface area contributed by atoms with E-state index in [1.165, 1.54) is 12.1 Å². The number of carbonyl (C=O) groups excluding carboxylic acids is 1. The molecule has 1 aromatic rings. The second-order valence-corrected chi connectivity index (χ2v) is 6.97. The third-order valence-electron chi connectivity index (χ3n) is 4.58. The number of benzene rings is 1. The van der Waals surface area contributed by atoms with E-state index in [0.29, 0.717) is 19.5 Å². The number of halogens is 5. The van der Waals surface area contributed by atoms with Gasteiger partial charge in [0.15, 0.2) is 0 Å². The molecule has 0 radical (unpaired) electrons. The standard InChI is InChI=1S/C17H24F3N3O.2ClH/c1-16(2)11-23(9-8-13(16)21)14(24)10-22-15(17(18,19)20)12-6-4-3-5-7-12;;/h3-7,13,15,22H,8-11,21H2,1-2H3;2*1H. The molecule has 1 heterocycles. The summed E-state index contributed by atoms with van der Waals surface area (Å²) in [4.78, 5) is 13.9. The van der Waals surface area contributed by atoms with E-state index in [9.17, 15) is 18.0 Å². The number of amides is 1. The van der Waals surface area contributed by atoms with Crippen molar-refractivity contribution in [2.75, 3.05) is 19.6 Å². The number of nitrogens with zero attached hydrogens (tertiary/aromatic N) is 1. The van der Waals surface area contributed by atoms with Gasteiger partial charge >= 0.3 is 6.18 Å². The van der Waals surface area contributed by atoms with Gasteiger partial charge in [0.1, 0.15) is 6.04 Å². The van der Waals surface area contributed by atoms with E-state index in [4.69, 9.17) is 5.73 Å². The molecule has 150 valence electrons. The van der Waals surface area contributed by atoms with Gasteiger partial charge in [0.25, 0.3) is 0 Å². The lowest BCUT2D eigenvalue weighted by Gasteiger charge is -2.42. The highest BCUT2D eigenvalue weighted by atomic mass is 35.5. The minimum Gasteiger partial charge on any atom is -0.341 e. The summed E-state index contributed by atoms with van der Waals surface area (Å²) in [5, 5.41) is 2.36. The first-order valence-corrected chi connectivity index (χ1v) is 7.99. The fourth-order valence-electron chi connectivity index (χ4n) is 2.96. The zero-order chi connectivity index (χ0) is 18.0.